The normalized spacial score (nSPS) is 10.7. The lowest BCUT2D eigenvalue weighted by molar-refractivity contribution is 0.483. The first-order valence-corrected chi connectivity index (χ1v) is 6.87. The molecule has 1 aromatic carbocycles. The molecule has 2 aromatic heterocycles. The van der Waals surface area contributed by atoms with Crippen LogP contribution >= 0.6 is 15.9 Å². The van der Waals surface area contributed by atoms with E-state index in [1.807, 2.05) is 37.3 Å². The number of halogens is 1. The quantitative estimate of drug-likeness (QED) is 0.769. The number of anilines is 1. The van der Waals surface area contributed by atoms with E-state index in [1.165, 1.54) is 0 Å². The molecule has 2 N–H and O–H groups in total. The number of nitrogens with two attached hydrogens (primary N) is 1. The van der Waals surface area contributed by atoms with Crippen LogP contribution in [0.1, 0.15) is 5.69 Å². The Kier molecular flexibility index (Phi) is 3.28. The highest BCUT2D eigenvalue weighted by Crippen LogP contribution is 2.36. The van der Waals surface area contributed by atoms with Crippen molar-refractivity contribution in [2.45, 2.75) is 6.92 Å². The SMILES string of the molecule is Cc1ncccc1Oc1c(N)cnc2ccc(Br)cc12. The van der Waals surface area contributed by atoms with Crippen LogP contribution in [0.3, 0.4) is 0 Å². The summed E-state index contributed by atoms with van der Waals surface area (Å²) in [6.07, 6.45) is 3.34. The standard InChI is InChI=1S/C15H12BrN3O/c1-9-14(3-2-6-18-9)20-15-11-7-10(16)4-5-13(11)19-8-12(15)17/h2-8H,17H2,1H3. The largest absolute Gasteiger partial charge is 0.453 e. The van der Waals surface area contributed by atoms with E-state index in [-0.39, 0.29) is 0 Å². The number of hydrogen-bond acceptors (Lipinski definition) is 4. The van der Waals surface area contributed by atoms with E-state index < -0.39 is 0 Å². The molecule has 0 amide bonds. The molecule has 0 fully saturated rings. The zero-order valence-corrected chi connectivity index (χ0v) is 12.4. The van der Waals surface area contributed by atoms with Gasteiger partial charge in [-0.05, 0) is 37.3 Å². The molecule has 0 aliphatic heterocycles. The van der Waals surface area contributed by atoms with Crippen molar-refractivity contribution in [2.24, 2.45) is 0 Å². The van der Waals surface area contributed by atoms with Crippen LogP contribution < -0.4 is 10.5 Å². The van der Waals surface area contributed by atoms with E-state index >= 15 is 0 Å². The summed E-state index contributed by atoms with van der Waals surface area (Å²) in [5.74, 6) is 1.29. The summed E-state index contributed by atoms with van der Waals surface area (Å²) in [7, 11) is 0. The van der Waals surface area contributed by atoms with Crippen LogP contribution in [0, 0.1) is 6.92 Å². The van der Waals surface area contributed by atoms with E-state index in [9.17, 15) is 0 Å². The second kappa shape index (κ2) is 5.09. The van der Waals surface area contributed by atoms with Gasteiger partial charge in [-0.2, -0.15) is 0 Å². The van der Waals surface area contributed by atoms with Gasteiger partial charge in [0.25, 0.3) is 0 Å². The number of nitrogen functional groups attached to an aromatic ring is 1. The Bertz CT molecular complexity index is 784. The Morgan fingerprint density at radius 1 is 1.20 bits per heavy atom. The fourth-order valence-electron chi connectivity index (χ4n) is 1.96. The highest BCUT2D eigenvalue weighted by atomic mass is 79.9. The number of ether oxygens (including phenoxy) is 1. The van der Waals surface area contributed by atoms with Gasteiger partial charge in [0, 0.05) is 16.1 Å². The Labute approximate surface area is 124 Å². The molecule has 0 saturated carbocycles. The molecule has 2 heterocycles. The fraction of sp³-hybridized carbons (Fsp3) is 0.0667. The molecule has 4 nitrogen and oxygen atoms in total. The minimum Gasteiger partial charge on any atom is -0.453 e. The predicted octanol–water partition coefficient (Wildman–Crippen LogP) is 4.08. The molecule has 20 heavy (non-hydrogen) atoms. The number of benzene rings is 1. The monoisotopic (exact) mass is 329 g/mol. The molecular weight excluding hydrogens is 318 g/mol. The Hall–Kier alpha value is -2.14. The molecular formula is C15H12BrN3O. The number of rotatable bonds is 2. The van der Waals surface area contributed by atoms with Crippen molar-refractivity contribution in [3.05, 3.63) is 52.9 Å². The average Bonchev–Trinajstić information content (AvgIpc) is 2.44. The van der Waals surface area contributed by atoms with Crippen molar-refractivity contribution >= 4 is 32.5 Å². The lowest BCUT2D eigenvalue weighted by Gasteiger charge is -2.12. The van der Waals surface area contributed by atoms with Gasteiger partial charge in [0.05, 0.1) is 23.1 Å². The first-order chi connectivity index (χ1) is 9.65. The Morgan fingerprint density at radius 3 is 2.85 bits per heavy atom. The van der Waals surface area contributed by atoms with E-state index in [0.29, 0.717) is 17.2 Å². The molecule has 0 saturated heterocycles. The van der Waals surface area contributed by atoms with Crippen LogP contribution in [0.25, 0.3) is 10.9 Å². The van der Waals surface area contributed by atoms with Crippen molar-refractivity contribution < 1.29 is 4.74 Å². The van der Waals surface area contributed by atoms with E-state index in [4.69, 9.17) is 10.5 Å². The molecule has 5 heteroatoms. The first kappa shape index (κ1) is 12.9. The second-order valence-corrected chi connectivity index (χ2v) is 5.31. The number of hydrogen-bond donors (Lipinski definition) is 1. The third-order valence-electron chi connectivity index (χ3n) is 2.98. The van der Waals surface area contributed by atoms with Gasteiger partial charge in [0.2, 0.25) is 0 Å². The minimum absolute atomic E-state index is 0.499. The van der Waals surface area contributed by atoms with Crippen molar-refractivity contribution in [3.8, 4) is 11.5 Å². The third kappa shape index (κ3) is 2.32. The minimum atomic E-state index is 0.499. The maximum absolute atomic E-state index is 6.01. The van der Waals surface area contributed by atoms with E-state index in [1.54, 1.807) is 12.4 Å². The van der Waals surface area contributed by atoms with Gasteiger partial charge in [-0.1, -0.05) is 15.9 Å². The molecule has 3 rings (SSSR count). The summed E-state index contributed by atoms with van der Waals surface area (Å²) < 4.78 is 6.91. The summed E-state index contributed by atoms with van der Waals surface area (Å²) in [4.78, 5) is 8.52. The number of aromatic nitrogens is 2. The van der Waals surface area contributed by atoms with Crippen molar-refractivity contribution in [1.82, 2.24) is 9.97 Å². The van der Waals surface area contributed by atoms with Gasteiger partial charge in [0.15, 0.2) is 5.75 Å². The molecule has 100 valence electrons. The van der Waals surface area contributed by atoms with Crippen LogP contribution in [0.5, 0.6) is 11.5 Å². The molecule has 0 unspecified atom stereocenters. The predicted molar refractivity (Wildman–Crippen MR) is 82.9 cm³/mol. The molecule has 0 atom stereocenters. The summed E-state index contributed by atoms with van der Waals surface area (Å²) >= 11 is 3.45. The maximum atomic E-state index is 6.01. The highest BCUT2D eigenvalue weighted by molar-refractivity contribution is 9.10. The third-order valence-corrected chi connectivity index (χ3v) is 3.47. The van der Waals surface area contributed by atoms with Crippen LogP contribution in [0.15, 0.2) is 47.2 Å². The van der Waals surface area contributed by atoms with Gasteiger partial charge < -0.3 is 10.5 Å². The zero-order valence-electron chi connectivity index (χ0n) is 10.8. The maximum Gasteiger partial charge on any atom is 0.161 e. The molecule has 0 spiro atoms. The molecule has 3 aromatic rings. The number of aryl methyl sites for hydroxylation is 1. The van der Waals surface area contributed by atoms with Gasteiger partial charge in [0.1, 0.15) is 5.75 Å². The van der Waals surface area contributed by atoms with Gasteiger partial charge in [-0.3, -0.25) is 9.97 Å². The van der Waals surface area contributed by atoms with Crippen molar-refractivity contribution in [3.63, 3.8) is 0 Å². The van der Waals surface area contributed by atoms with Crippen LogP contribution in [-0.2, 0) is 0 Å². The van der Waals surface area contributed by atoms with E-state index in [0.717, 1.165) is 21.1 Å². The van der Waals surface area contributed by atoms with E-state index in [2.05, 4.69) is 25.9 Å². The molecule has 0 radical (unpaired) electrons. The lowest BCUT2D eigenvalue weighted by Crippen LogP contribution is -1.97. The van der Waals surface area contributed by atoms with Crippen LogP contribution in [0.2, 0.25) is 0 Å². The second-order valence-electron chi connectivity index (χ2n) is 4.39. The zero-order chi connectivity index (χ0) is 14.1. The summed E-state index contributed by atoms with van der Waals surface area (Å²) in [6.45, 7) is 1.89. The van der Waals surface area contributed by atoms with Gasteiger partial charge >= 0.3 is 0 Å². The molecule has 0 aliphatic rings. The smallest absolute Gasteiger partial charge is 0.161 e. The number of nitrogens with zero attached hydrogens (tertiary/aromatic N) is 2. The lowest BCUT2D eigenvalue weighted by atomic mass is 10.2. The van der Waals surface area contributed by atoms with Crippen LogP contribution in [0.4, 0.5) is 5.69 Å². The fourth-order valence-corrected chi connectivity index (χ4v) is 2.32. The van der Waals surface area contributed by atoms with Crippen LogP contribution in [-0.4, -0.2) is 9.97 Å². The number of fused-ring (bicyclic) bond motifs is 1. The molecule has 0 bridgehead atoms. The molecule has 0 aliphatic carbocycles. The van der Waals surface area contributed by atoms with Gasteiger partial charge in [-0.15, -0.1) is 0 Å². The average molecular weight is 330 g/mol. The summed E-state index contributed by atoms with van der Waals surface area (Å²) in [5.41, 5.74) is 8.15. The first-order valence-electron chi connectivity index (χ1n) is 6.08. The topological polar surface area (TPSA) is 61.0 Å². The Balaban J connectivity index is 2.17. The summed E-state index contributed by atoms with van der Waals surface area (Å²) in [6, 6.07) is 9.50. The van der Waals surface area contributed by atoms with Gasteiger partial charge in [-0.25, -0.2) is 0 Å². The van der Waals surface area contributed by atoms with Crippen molar-refractivity contribution in [2.75, 3.05) is 5.73 Å². The number of pyridine rings is 2. The summed E-state index contributed by atoms with van der Waals surface area (Å²) in [5, 5.41) is 0.864. The Morgan fingerprint density at radius 2 is 2.05 bits per heavy atom. The van der Waals surface area contributed by atoms with Crippen molar-refractivity contribution in [1.29, 1.82) is 0 Å². The highest BCUT2D eigenvalue weighted by Gasteiger charge is 2.11.